The number of esters is 1. The molecule has 5 rings (SSSR count). The van der Waals surface area contributed by atoms with E-state index in [1.165, 1.54) is 37.7 Å². The molecule has 0 aliphatic carbocycles. The molecule has 1 aliphatic rings. The Morgan fingerprint density at radius 1 is 1.17 bits per heavy atom. The Morgan fingerprint density at radius 2 is 2.03 bits per heavy atom. The highest BCUT2D eigenvalue weighted by molar-refractivity contribution is 7.18. The van der Waals surface area contributed by atoms with Gasteiger partial charge in [0.2, 0.25) is 0 Å². The number of aromatic nitrogens is 1. The van der Waals surface area contributed by atoms with Crippen LogP contribution in [-0.4, -0.2) is 36.9 Å². The third kappa shape index (κ3) is 4.84. The maximum absolute atomic E-state index is 13.4. The minimum absolute atomic E-state index is 0.224. The molecule has 0 unspecified atom stereocenters. The van der Waals surface area contributed by atoms with Gasteiger partial charge in [-0.15, -0.1) is 11.3 Å². The lowest BCUT2D eigenvalue weighted by Gasteiger charge is -2.30. The highest BCUT2D eigenvalue weighted by Gasteiger charge is 2.30. The van der Waals surface area contributed by atoms with Crippen molar-refractivity contribution in [1.29, 1.82) is 0 Å². The van der Waals surface area contributed by atoms with Crippen molar-refractivity contribution >= 4 is 27.5 Å². The van der Waals surface area contributed by atoms with Crippen molar-refractivity contribution in [3.8, 4) is 17.2 Å². The standard InChI is InChI=1S/C27H24FNO6S/c1-32-22-6-3-15(10-20(22)27(31)33-2)9-16-13-35-23-7-5-18(12-19(23)26(16)30)34-14-25-29-21-11-17(28)4-8-24(21)36-25/h3-8,10-12,16,26,30H,9,13-14H2,1-2H3/t16-,26-/m0/s1. The zero-order valence-electron chi connectivity index (χ0n) is 19.7. The number of benzene rings is 3. The Kier molecular flexibility index (Phi) is 6.75. The number of carbonyl (C=O) groups excluding carboxylic acids is 1. The van der Waals surface area contributed by atoms with Crippen molar-refractivity contribution < 1.29 is 33.2 Å². The molecule has 4 aromatic rings. The van der Waals surface area contributed by atoms with E-state index >= 15 is 0 Å². The fourth-order valence-electron chi connectivity index (χ4n) is 4.30. The molecule has 2 heterocycles. The minimum Gasteiger partial charge on any atom is -0.496 e. The number of aliphatic hydroxyl groups excluding tert-OH is 1. The number of nitrogens with zero attached hydrogens (tertiary/aromatic N) is 1. The first kappa shape index (κ1) is 24.0. The van der Waals surface area contributed by atoms with E-state index in [-0.39, 0.29) is 18.3 Å². The molecule has 36 heavy (non-hydrogen) atoms. The van der Waals surface area contributed by atoms with Crippen molar-refractivity contribution in [2.75, 3.05) is 20.8 Å². The van der Waals surface area contributed by atoms with Gasteiger partial charge >= 0.3 is 5.97 Å². The molecule has 3 aromatic carbocycles. The zero-order valence-corrected chi connectivity index (χ0v) is 20.5. The van der Waals surface area contributed by atoms with Gasteiger partial charge in [-0.3, -0.25) is 0 Å². The molecule has 1 aliphatic heterocycles. The second-order valence-electron chi connectivity index (χ2n) is 8.45. The van der Waals surface area contributed by atoms with Gasteiger partial charge < -0.3 is 24.1 Å². The average molecular weight is 510 g/mol. The maximum atomic E-state index is 13.4. The van der Waals surface area contributed by atoms with Gasteiger partial charge in [0.15, 0.2) is 0 Å². The summed E-state index contributed by atoms with van der Waals surface area (Å²) in [6.07, 6.45) is -0.298. The number of thiazole rings is 1. The van der Waals surface area contributed by atoms with Crippen molar-refractivity contribution in [3.05, 3.63) is 82.1 Å². The minimum atomic E-state index is -0.786. The zero-order chi connectivity index (χ0) is 25.2. The predicted octanol–water partition coefficient (Wildman–Crippen LogP) is 5.09. The number of carbonyl (C=O) groups is 1. The van der Waals surface area contributed by atoms with Crippen molar-refractivity contribution in [2.45, 2.75) is 19.1 Å². The molecule has 186 valence electrons. The molecule has 7 nitrogen and oxygen atoms in total. The third-order valence-electron chi connectivity index (χ3n) is 6.12. The van der Waals surface area contributed by atoms with Crippen LogP contribution in [0.3, 0.4) is 0 Å². The summed E-state index contributed by atoms with van der Waals surface area (Å²) < 4.78 is 36.3. The lowest BCUT2D eigenvalue weighted by molar-refractivity contribution is 0.0504. The Bertz CT molecular complexity index is 1420. The summed E-state index contributed by atoms with van der Waals surface area (Å²) in [4.78, 5) is 16.5. The fraction of sp³-hybridized carbons (Fsp3) is 0.259. The number of halogens is 1. The predicted molar refractivity (Wildman–Crippen MR) is 132 cm³/mol. The number of aliphatic hydroxyl groups is 1. The number of rotatable bonds is 7. The molecule has 0 radical (unpaired) electrons. The molecule has 0 amide bonds. The normalized spacial score (nSPS) is 16.8. The topological polar surface area (TPSA) is 87.1 Å². The largest absolute Gasteiger partial charge is 0.496 e. The summed E-state index contributed by atoms with van der Waals surface area (Å²) in [6, 6.07) is 15.1. The van der Waals surface area contributed by atoms with Crippen LogP contribution in [0.1, 0.15) is 32.6 Å². The molecule has 9 heteroatoms. The number of ether oxygens (including phenoxy) is 4. The lowest BCUT2D eigenvalue weighted by Crippen LogP contribution is -2.27. The van der Waals surface area contributed by atoms with Crippen molar-refractivity contribution in [2.24, 2.45) is 5.92 Å². The average Bonchev–Trinajstić information content (AvgIpc) is 3.30. The van der Waals surface area contributed by atoms with Crippen LogP contribution in [0.15, 0.2) is 54.6 Å². The molecule has 0 saturated carbocycles. The van der Waals surface area contributed by atoms with E-state index in [1.54, 1.807) is 36.4 Å². The first-order valence-corrected chi connectivity index (χ1v) is 12.1. The van der Waals surface area contributed by atoms with Crippen LogP contribution in [0.2, 0.25) is 0 Å². The van der Waals surface area contributed by atoms with Crippen LogP contribution in [0.4, 0.5) is 4.39 Å². The van der Waals surface area contributed by atoms with Gasteiger partial charge in [0.05, 0.1) is 37.1 Å². The molecule has 0 spiro atoms. The summed E-state index contributed by atoms with van der Waals surface area (Å²) in [7, 11) is 2.81. The van der Waals surface area contributed by atoms with E-state index in [1.807, 2.05) is 6.07 Å². The van der Waals surface area contributed by atoms with E-state index in [2.05, 4.69) is 4.98 Å². The lowest BCUT2D eigenvalue weighted by atomic mass is 9.87. The number of hydrogen-bond donors (Lipinski definition) is 1. The van der Waals surface area contributed by atoms with Gasteiger partial charge in [0.25, 0.3) is 0 Å². The van der Waals surface area contributed by atoms with Crippen molar-refractivity contribution in [1.82, 2.24) is 4.98 Å². The molecule has 1 aromatic heterocycles. The molecule has 0 saturated heterocycles. The Hall–Kier alpha value is -3.69. The van der Waals surface area contributed by atoms with Gasteiger partial charge in [-0.2, -0.15) is 0 Å². The summed E-state index contributed by atoms with van der Waals surface area (Å²) >= 11 is 1.44. The Labute approximate surface area is 211 Å². The molecule has 1 N–H and O–H groups in total. The van der Waals surface area contributed by atoms with Gasteiger partial charge in [0, 0.05) is 17.5 Å². The van der Waals surface area contributed by atoms with Gasteiger partial charge in [0.1, 0.15) is 40.2 Å². The number of methoxy groups -OCH3 is 2. The highest BCUT2D eigenvalue weighted by atomic mass is 32.1. The smallest absolute Gasteiger partial charge is 0.341 e. The maximum Gasteiger partial charge on any atom is 0.341 e. The van der Waals surface area contributed by atoms with E-state index < -0.39 is 12.1 Å². The quantitative estimate of drug-likeness (QED) is 0.347. The van der Waals surface area contributed by atoms with E-state index in [9.17, 15) is 14.3 Å². The van der Waals surface area contributed by atoms with Crippen molar-refractivity contribution in [3.63, 3.8) is 0 Å². The number of hydrogen-bond acceptors (Lipinski definition) is 8. The summed E-state index contributed by atoms with van der Waals surface area (Å²) in [5, 5.41) is 11.9. The Morgan fingerprint density at radius 3 is 2.83 bits per heavy atom. The second-order valence-corrected chi connectivity index (χ2v) is 9.57. The van der Waals surface area contributed by atoms with E-state index in [0.29, 0.717) is 46.9 Å². The van der Waals surface area contributed by atoms with Crippen LogP contribution in [-0.2, 0) is 17.8 Å². The second kappa shape index (κ2) is 10.1. The SMILES string of the molecule is COC(=O)c1cc(C[C@H]2COc3ccc(OCc4nc5cc(F)ccc5s4)cc3[C@H]2O)ccc1OC. The van der Waals surface area contributed by atoms with Gasteiger partial charge in [-0.1, -0.05) is 6.07 Å². The van der Waals surface area contributed by atoms with Crippen LogP contribution >= 0.6 is 11.3 Å². The first-order valence-electron chi connectivity index (χ1n) is 11.3. The Balaban J connectivity index is 1.30. The van der Waals surface area contributed by atoms with E-state index in [0.717, 1.165) is 15.3 Å². The summed E-state index contributed by atoms with van der Waals surface area (Å²) in [5.74, 6) is 0.558. The van der Waals surface area contributed by atoms with E-state index in [4.69, 9.17) is 18.9 Å². The number of fused-ring (bicyclic) bond motifs is 2. The van der Waals surface area contributed by atoms with Crippen LogP contribution in [0.5, 0.6) is 17.2 Å². The summed E-state index contributed by atoms with van der Waals surface area (Å²) in [6.45, 7) is 0.554. The monoisotopic (exact) mass is 509 g/mol. The van der Waals surface area contributed by atoms with Crippen LogP contribution in [0, 0.1) is 11.7 Å². The molecule has 2 atom stereocenters. The van der Waals surface area contributed by atoms with Gasteiger partial charge in [-0.25, -0.2) is 14.2 Å². The third-order valence-corrected chi connectivity index (χ3v) is 7.13. The highest BCUT2D eigenvalue weighted by Crippen LogP contribution is 2.39. The molecule has 0 fully saturated rings. The first-order chi connectivity index (χ1) is 17.4. The summed E-state index contributed by atoms with van der Waals surface area (Å²) in [5.41, 5.74) is 2.42. The molecule has 0 bridgehead atoms. The van der Waals surface area contributed by atoms with Crippen LogP contribution in [0.25, 0.3) is 10.2 Å². The fourth-order valence-corrected chi connectivity index (χ4v) is 5.16. The van der Waals surface area contributed by atoms with Gasteiger partial charge in [-0.05, 0) is 54.4 Å². The molecular weight excluding hydrogens is 485 g/mol. The molecular formula is C27H24FNO6S. The van der Waals surface area contributed by atoms with Crippen LogP contribution < -0.4 is 14.2 Å².